The number of aryl methyl sites for hydroxylation is 2. The lowest BCUT2D eigenvalue weighted by atomic mass is 10.2. The summed E-state index contributed by atoms with van der Waals surface area (Å²) < 4.78 is 12.4. The van der Waals surface area contributed by atoms with E-state index in [4.69, 9.17) is 9.15 Å². The van der Waals surface area contributed by atoms with Crippen LogP contribution < -0.4 is 10.1 Å². The Balaban J connectivity index is 1.75. The highest BCUT2D eigenvalue weighted by Crippen LogP contribution is 2.23. The molecule has 3 rings (SSSR count). The molecule has 24 heavy (non-hydrogen) atoms. The Bertz CT molecular complexity index is 831. The molecule has 8 nitrogen and oxygen atoms in total. The molecule has 0 radical (unpaired) electrons. The summed E-state index contributed by atoms with van der Waals surface area (Å²) in [7, 11) is 1.70. The average Bonchev–Trinajstić information content (AvgIpc) is 3.15. The lowest BCUT2D eigenvalue weighted by Crippen LogP contribution is -2.17. The Morgan fingerprint density at radius 1 is 1.29 bits per heavy atom. The minimum atomic E-state index is -0.352. The first kappa shape index (κ1) is 15.7. The van der Waals surface area contributed by atoms with Gasteiger partial charge in [0.25, 0.3) is 5.91 Å². The highest BCUT2D eigenvalue weighted by molar-refractivity contribution is 6.02. The SMILES string of the molecule is CCOc1ccc(-c2nnc(NC(=O)c3c(C)cnn3C)o2)cc1. The number of nitrogens with one attached hydrogen (secondary N) is 1. The molecule has 3 aromatic rings. The maximum absolute atomic E-state index is 12.3. The van der Waals surface area contributed by atoms with Gasteiger partial charge in [-0.1, -0.05) is 5.10 Å². The third kappa shape index (κ3) is 3.12. The van der Waals surface area contributed by atoms with E-state index >= 15 is 0 Å². The molecule has 1 N–H and O–H groups in total. The minimum Gasteiger partial charge on any atom is -0.494 e. The maximum atomic E-state index is 12.3. The summed E-state index contributed by atoms with van der Waals surface area (Å²) in [5, 5.41) is 14.4. The van der Waals surface area contributed by atoms with Crippen molar-refractivity contribution in [2.45, 2.75) is 13.8 Å². The van der Waals surface area contributed by atoms with Crippen molar-refractivity contribution in [1.29, 1.82) is 0 Å². The van der Waals surface area contributed by atoms with Crippen molar-refractivity contribution >= 4 is 11.9 Å². The number of hydrogen-bond donors (Lipinski definition) is 1. The van der Waals surface area contributed by atoms with Gasteiger partial charge in [-0.15, -0.1) is 5.10 Å². The third-order valence-electron chi connectivity index (χ3n) is 3.39. The second-order valence-corrected chi connectivity index (χ2v) is 5.12. The number of amides is 1. The third-order valence-corrected chi connectivity index (χ3v) is 3.39. The van der Waals surface area contributed by atoms with Crippen LogP contribution in [-0.2, 0) is 7.05 Å². The van der Waals surface area contributed by atoms with Gasteiger partial charge in [0, 0.05) is 12.6 Å². The van der Waals surface area contributed by atoms with Crippen molar-refractivity contribution in [3.63, 3.8) is 0 Å². The first-order valence-corrected chi connectivity index (χ1v) is 7.45. The molecular weight excluding hydrogens is 310 g/mol. The van der Waals surface area contributed by atoms with E-state index in [0.717, 1.165) is 16.9 Å². The summed E-state index contributed by atoms with van der Waals surface area (Å²) in [5.41, 5.74) is 1.94. The highest BCUT2D eigenvalue weighted by atomic mass is 16.5. The van der Waals surface area contributed by atoms with Crippen molar-refractivity contribution in [2.75, 3.05) is 11.9 Å². The zero-order valence-electron chi connectivity index (χ0n) is 13.6. The first-order chi connectivity index (χ1) is 11.6. The van der Waals surface area contributed by atoms with E-state index in [0.29, 0.717) is 18.2 Å². The fourth-order valence-corrected chi connectivity index (χ4v) is 2.28. The molecule has 0 aliphatic rings. The van der Waals surface area contributed by atoms with Crippen molar-refractivity contribution in [1.82, 2.24) is 20.0 Å². The maximum Gasteiger partial charge on any atom is 0.322 e. The van der Waals surface area contributed by atoms with E-state index < -0.39 is 0 Å². The standard InChI is InChI=1S/C16H17N5O3/c1-4-23-12-7-5-11(6-8-12)15-19-20-16(24-15)18-14(22)13-10(2)9-17-21(13)3/h5-9H,4H2,1-3H3,(H,18,20,22). The molecular formula is C16H17N5O3. The highest BCUT2D eigenvalue weighted by Gasteiger charge is 2.17. The van der Waals surface area contributed by atoms with Gasteiger partial charge in [0.15, 0.2) is 0 Å². The van der Waals surface area contributed by atoms with Gasteiger partial charge in [-0.25, -0.2) is 0 Å². The van der Waals surface area contributed by atoms with E-state index in [2.05, 4.69) is 20.6 Å². The van der Waals surface area contributed by atoms with Crippen LogP contribution in [0.5, 0.6) is 5.75 Å². The Morgan fingerprint density at radius 3 is 2.67 bits per heavy atom. The number of carbonyl (C=O) groups excluding carboxylic acids is 1. The van der Waals surface area contributed by atoms with E-state index in [1.54, 1.807) is 20.2 Å². The van der Waals surface area contributed by atoms with E-state index in [1.807, 2.05) is 31.2 Å². The lowest BCUT2D eigenvalue weighted by Gasteiger charge is -2.03. The molecule has 0 saturated carbocycles. The number of aromatic nitrogens is 4. The van der Waals surface area contributed by atoms with Crippen LogP contribution in [0, 0.1) is 6.92 Å². The molecule has 1 aromatic carbocycles. The lowest BCUT2D eigenvalue weighted by molar-refractivity contribution is 0.101. The van der Waals surface area contributed by atoms with Crippen molar-refractivity contribution in [3.05, 3.63) is 41.7 Å². The van der Waals surface area contributed by atoms with Gasteiger partial charge < -0.3 is 9.15 Å². The van der Waals surface area contributed by atoms with Crippen molar-refractivity contribution < 1.29 is 13.9 Å². The van der Waals surface area contributed by atoms with Gasteiger partial charge in [0.05, 0.1) is 12.8 Å². The van der Waals surface area contributed by atoms with Crippen LogP contribution in [0.15, 0.2) is 34.9 Å². The van der Waals surface area contributed by atoms with Gasteiger partial charge in [0.2, 0.25) is 5.89 Å². The van der Waals surface area contributed by atoms with Gasteiger partial charge in [-0.2, -0.15) is 5.10 Å². The number of benzene rings is 1. The molecule has 2 heterocycles. The summed E-state index contributed by atoms with van der Waals surface area (Å²) in [5.74, 6) is 0.727. The minimum absolute atomic E-state index is 0.0319. The van der Waals surface area contributed by atoms with Crippen LogP contribution in [0.3, 0.4) is 0 Å². The summed E-state index contributed by atoms with van der Waals surface area (Å²) in [6.07, 6.45) is 1.62. The number of anilines is 1. The smallest absolute Gasteiger partial charge is 0.322 e. The molecule has 2 aromatic heterocycles. The van der Waals surface area contributed by atoms with Crippen LogP contribution in [0.4, 0.5) is 6.01 Å². The predicted octanol–water partition coefficient (Wildman–Crippen LogP) is 2.43. The Hall–Kier alpha value is -3.16. The molecule has 0 unspecified atom stereocenters. The summed E-state index contributed by atoms with van der Waals surface area (Å²) in [6.45, 7) is 4.33. The molecule has 0 aliphatic carbocycles. The molecule has 0 spiro atoms. The van der Waals surface area contributed by atoms with Crippen LogP contribution >= 0.6 is 0 Å². The second-order valence-electron chi connectivity index (χ2n) is 5.12. The fraction of sp³-hybridized carbons (Fsp3) is 0.250. The zero-order chi connectivity index (χ0) is 17.1. The fourth-order valence-electron chi connectivity index (χ4n) is 2.28. The quantitative estimate of drug-likeness (QED) is 0.773. The van der Waals surface area contributed by atoms with Gasteiger partial charge >= 0.3 is 6.01 Å². The Kier molecular flexibility index (Phi) is 4.28. The van der Waals surface area contributed by atoms with Crippen molar-refractivity contribution in [2.24, 2.45) is 7.05 Å². The molecule has 124 valence electrons. The number of rotatable bonds is 5. The summed E-state index contributed by atoms with van der Waals surface area (Å²) in [4.78, 5) is 12.3. The summed E-state index contributed by atoms with van der Waals surface area (Å²) in [6, 6.07) is 7.30. The Labute approximate surface area is 138 Å². The van der Waals surface area contributed by atoms with Crippen LogP contribution in [0.2, 0.25) is 0 Å². The zero-order valence-corrected chi connectivity index (χ0v) is 13.6. The van der Waals surface area contributed by atoms with Gasteiger partial charge in [0.1, 0.15) is 11.4 Å². The molecule has 1 amide bonds. The number of ether oxygens (including phenoxy) is 1. The average molecular weight is 327 g/mol. The molecule has 0 saturated heterocycles. The summed E-state index contributed by atoms with van der Waals surface area (Å²) >= 11 is 0. The van der Waals surface area contributed by atoms with Gasteiger partial charge in [-0.05, 0) is 43.7 Å². The van der Waals surface area contributed by atoms with Crippen molar-refractivity contribution in [3.8, 4) is 17.2 Å². The van der Waals surface area contributed by atoms with E-state index in [9.17, 15) is 4.79 Å². The monoisotopic (exact) mass is 327 g/mol. The second kappa shape index (κ2) is 6.53. The van der Waals surface area contributed by atoms with Crippen LogP contribution in [0.25, 0.3) is 11.5 Å². The number of nitrogens with zero attached hydrogens (tertiary/aromatic N) is 4. The molecule has 8 heteroatoms. The van der Waals surface area contributed by atoms with Crippen LogP contribution in [-0.4, -0.2) is 32.5 Å². The molecule has 0 atom stereocenters. The molecule has 0 fully saturated rings. The van der Waals surface area contributed by atoms with E-state index in [-0.39, 0.29) is 11.9 Å². The predicted molar refractivity (Wildman–Crippen MR) is 86.8 cm³/mol. The Morgan fingerprint density at radius 2 is 2.04 bits per heavy atom. The normalized spacial score (nSPS) is 10.6. The topological polar surface area (TPSA) is 95.1 Å². The largest absolute Gasteiger partial charge is 0.494 e. The van der Waals surface area contributed by atoms with Gasteiger partial charge in [-0.3, -0.25) is 14.8 Å². The van der Waals surface area contributed by atoms with E-state index in [1.165, 1.54) is 4.68 Å². The first-order valence-electron chi connectivity index (χ1n) is 7.45. The number of carbonyl (C=O) groups is 1. The van der Waals surface area contributed by atoms with Crippen LogP contribution in [0.1, 0.15) is 23.0 Å². The molecule has 0 aliphatic heterocycles. The molecule has 0 bridgehead atoms. The number of hydrogen-bond acceptors (Lipinski definition) is 6.